The van der Waals surface area contributed by atoms with Gasteiger partial charge in [-0.25, -0.2) is 0 Å². The van der Waals surface area contributed by atoms with Crippen LogP contribution < -0.4 is 5.32 Å². The van der Waals surface area contributed by atoms with Crippen molar-refractivity contribution in [2.75, 3.05) is 0 Å². The first-order valence-electron chi connectivity index (χ1n) is 6.59. The summed E-state index contributed by atoms with van der Waals surface area (Å²) in [5.74, 6) is -0.654. The van der Waals surface area contributed by atoms with E-state index in [9.17, 15) is 23.3 Å². The highest BCUT2D eigenvalue weighted by atomic mass is 19.4. The Morgan fingerprint density at radius 2 is 1.64 bits per heavy atom. The van der Waals surface area contributed by atoms with Gasteiger partial charge in [0.15, 0.2) is 0 Å². The molecular weight excluding hydrogens is 297 g/mol. The summed E-state index contributed by atoms with van der Waals surface area (Å²) in [5, 5.41) is 14.3. The van der Waals surface area contributed by atoms with Gasteiger partial charge in [-0.2, -0.15) is 13.2 Å². The van der Waals surface area contributed by atoms with Gasteiger partial charge >= 0.3 is 6.18 Å². The molecule has 0 spiro atoms. The summed E-state index contributed by atoms with van der Waals surface area (Å²) < 4.78 is 37.9. The van der Waals surface area contributed by atoms with Crippen molar-refractivity contribution in [2.24, 2.45) is 0 Å². The van der Waals surface area contributed by atoms with E-state index >= 15 is 0 Å². The van der Waals surface area contributed by atoms with Gasteiger partial charge in [0, 0.05) is 5.70 Å². The van der Waals surface area contributed by atoms with Crippen molar-refractivity contribution in [3.63, 3.8) is 0 Å². The van der Waals surface area contributed by atoms with Crippen molar-refractivity contribution in [3.8, 4) is 0 Å². The number of alkyl halides is 3. The topological polar surface area (TPSA) is 55.2 Å². The van der Waals surface area contributed by atoms with Crippen LogP contribution in [0.2, 0.25) is 0 Å². The molecule has 1 aromatic rings. The molecule has 0 bridgehead atoms. The molecule has 2 rings (SSSR count). The largest absolute Gasteiger partial charge is 0.416 e. The van der Waals surface area contributed by atoms with Crippen LogP contribution in [0.4, 0.5) is 13.2 Å². The Labute approximate surface area is 125 Å². The minimum absolute atomic E-state index is 0.0390. The van der Waals surface area contributed by atoms with E-state index in [-0.39, 0.29) is 5.70 Å². The van der Waals surface area contributed by atoms with Crippen LogP contribution in [0, 0.1) is 10.1 Å². The summed E-state index contributed by atoms with van der Waals surface area (Å²) in [6.07, 6.45) is -4.43. The molecule has 1 unspecified atom stereocenters. The SMILES string of the molecule is CC1=C(C)C(c2ccc(C(F)(F)F)cc2)C([N+](=O)[O-])=C(C)N1. The van der Waals surface area contributed by atoms with Crippen LogP contribution in [0.5, 0.6) is 0 Å². The van der Waals surface area contributed by atoms with Crippen LogP contribution in [0.3, 0.4) is 0 Å². The molecule has 1 aliphatic rings. The third kappa shape index (κ3) is 2.84. The highest BCUT2D eigenvalue weighted by Gasteiger charge is 2.36. The van der Waals surface area contributed by atoms with Gasteiger partial charge in [-0.1, -0.05) is 12.1 Å². The van der Waals surface area contributed by atoms with Crippen molar-refractivity contribution < 1.29 is 18.1 Å². The number of nitrogens with one attached hydrogen (secondary N) is 1. The van der Waals surface area contributed by atoms with E-state index in [0.717, 1.165) is 23.4 Å². The fourth-order valence-electron chi connectivity index (χ4n) is 2.60. The van der Waals surface area contributed by atoms with Gasteiger partial charge in [-0.15, -0.1) is 0 Å². The van der Waals surface area contributed by atoms with Crippen LogP contribution in [0.1, 0.15) is 37.8 Å². The number of halogens is 3. The molecule has 0 aliphatic carbocycles. The minimum Gasteiger partial charge on any atom is -0.357 e. The Bertz CT molecular complexity index is 673. The lowest BCUT2D eigenvalue weighted by molar-refractivity contribution is -0.431. The molecule has 1 heterocycles. The van der Waals surface area contributed by atoms with Crippen molar-refractivity contribution in [2.45, 2.75) is 32.9 Å². The molecule has 1 aliphatic heterocycles. The van der Waals surface area contributed by atoms with E-state index in [1.165, 1.54) is 12.1 Å². The summed E-state index contributed by atoms with van der Waals surface area (Å²) >= 11 is 0. The molecule has 22 heavy (non-hydrogen) atoms. The quantitative estimate of drug-likeness (QED) is 0.658. The van der Waals surface area contributed by atoms with Gasteiger partial charge in [0.2, 0.25) is 0 Å². The number of allylic oxidation sites excluding steroid dienone is 3. The first kappa shape index (κ1) is 16.1. The number of rotatable bonds is 2. The predicted molar refractivity (Wildman–Crippen MR) is 75.4 cm³/mol. The van der Waals surface area contributed by atoms with Gasteiger partial charge in [0.1, 0.15) is 0 Å². The highest BCUT2D eigenvalue weighted by molar-refractivity contribution is 5.43. The van der Waals surface area contributed by atoms with Crippen molar-refractivity contribution in [1.29, 1.82) is 0 Å². The fourth-order valence-corrected chi connectivity index (χ4v) is 2.60. The first-order valence-corrected chi connectivity index (χ1v) is 6.59. The molecule has 1 atom stereocenters. The summed E-state index contributed by atoms with van der Waals surface area (Å²) in [5.41, 5.74) is 1.55. The number of hydrogen-bond donors (Lipinski definition) is 1. The Morgan fingerprint density at radius 3 is 2.09 bits per heavy atom. The summed E-state index contributed by atoms with van der Waals surface area (Å²) in [6.45, 7) is 5.11. The van der Waals surface area contributed by atoms with Gasteiger partial charge in [-0.3, -0.25) is 10.1 Å². The average Bonchev–Trinajstić information content (AvgIpc) is 2.41. The van der Waals surface area contributed by atoms with Crippen molar-refractivity contribution >= 4 is 0 Å². The normalized spacial score (nSPS) is 19.3. The smallest absolute Gasteiger partial charge is 0.357 e. The third-order valence-corrected chi connectivity index (χ3v) is 3.83. The van der Waals surface area contributed by atoms with Crippen LogP contribution in [0.15, 0.2) is 46.9 Å². The van der Waals surface area contributed by atoms with Gasteiger partial charge in [-0.05, 0) is 44.0 Å². The second-order valence-corrected chi connectivity index (χ2v) is 5.25. The molecule has 0 saturated carbocycles. The molecule has 1 aromatic carbocycles. The monoisotopic (exact) mass is 312 g/mol. The molecule has 118 valence electrons. The molecule has 0 aromatic heterocycles. The lowest BCUT2D eigenvalue weighted by atomic mass is 9.85. The average molecular weight is 312 g/mol. The predicted octanol–water partition coefficient (Wildman–Crippen LogP) is 4.19. The molecular formula is C15H15F3N2O2. The molecule has 7 heteroatoms. The lowest BCUT2D eigenvalue weighted by Gasteiger charge is -2.25. The fraction of sp³-hybridized carbons (Fsp3) is 0.333. The third-order valence-electron chi connectivity index (χ3n) is 3.83. The van der Waals surface area contributed by atoms with Crippen LogP contribution in [-0.2, 0) is 6.18 Å². The van der Waals surface area contributed by atoms with Crippen LogP contribution in [-0.4, -0.2) is 4.92 Å². The second-order valence-electron chi connectivity index (χ2n) is 5.25. The van der Waals surface area contributed by atoms with E-state index in [1.807, 2.05) is 0 Å². The Hall–Kier alpha value is -2.31. The van der Waals surface area contributed by atoms with Crippen molar-refractivity contribution in [1.82, 2.24) is 5.32 Å². The molecule has 4 nitrogen and oxygen atoms in total. The van der Waals surface area contributed by atoms with Crippen LogP contribution in [0.25, 0.3) is 0 Å². The van der Waals surface area contributed by atoms with Gasteiger partial charge < -0.3 is 5.32 Å². The number of dihydropyridines is 1. The van der Waals surface area contributed by atoms with Gasteiger partial charge in [0.25, 0.3) is 5.70 Å². The number of hydrogen-bond acceptors (Lipinski definition) is 3. The summed E-state index contributed by atoms with van der Waals surface area (Å²) in [4.78, 5) is 10.8. The maximum absolute atomic E-state index is 12.6. The molecule has 0 amide bonds. The maximum Gasteiger partial charge on any atom is 0.416 e. The minimum atomic E-state index is -4.43. The standard InChI is InChI=1S/C15H15F3N2O2/c1-8-9(2)19-10(3)14(20(21)22)13(8)11-4-6-12(7-5-11)15(16,17)18/h4-7,13,19H,1-3H3. The number of nitrogens with zero attached hydrogens (tertiary/aromatic N) is 1. The zero-order valence-electron chi connectivity index (χ0n) is 12.3. The Morgan fingerprint density at radius 1 is 1.09 bits per heavy atom. The van der Waals surface area contributed by atoms with Crippen molar-refractivity contribution in [3.05, 3.63) is 68.2 Å². The van der Waals surface area contributed by atoms with E-state index in [1.54, 1.807) is 20.8 Å². The molecule has 0 fully saturated rings. The molecule has 0 saturated heterocycles. The highest BCUT2D eigenvalue weighted by Crippen LogP contribution is 2.38. The van der Waals surface area contributed by atoms with E-state index < -0.39 is 22.6 Å². The Kier molecular flexibility index (Phi) is 4.00. The van der Waals surface area contributed by atoms with Crippen LogP contribution >= 0.6 is 0 Å². The first-order chi connectivity index (χ1) is 10.1. The number of benzene rings is 1. The van der Waals surface area contributed by atoms with E-state index in [2.05, 4.69) is 5.32 Å². The van der Waals surface area contributed by atoms with E-state index in [0.29, 0.717) is 11.3 Å². The zero-order chi connectivity index (χ0) is 16.7. The molecule has 0 radical (unpaired) electrons. The summed E-state index contributed by atoms with van der Waals surface area (Å²) in [7, 11) is 0. The Balaban J connectivity index is 2.52. The molecule has 1 N–H and O–H groups in total. The number of nitro groups is 1. The maximum atomic E-state index is 12.6. The van der Waals surface area contributed by atoms with E-state index in [4.69, 9.17) is 0 Å². The van der Waals surface area contributed by atoms with Gasteiger partial charge in [0.05, 0.1) is 22.1 Å². The lowest BCUT2D eigenvalue weighted by Crippen LogP contribution is -2.26. The second kappa shape index (κ2) is 5.47. The zero-order valence-corrected chi connectivity index (χ0v) is 12.3. The summed E-state index contributed by atoms with van der Waals surface area (Å²) in [6, 6.07) is 4.50.